The third kappa shape index (κ3) is 3.89. The van der Waals surface area contributed by atoms with Gasteiger partial charge in [0.15, 0.2) is 0 Å². The van der Waals surface area contributed by atoms with Gasteiger partial charge in [-0.15, -0.1) is 0 Å². The Morgan fingerprint density at radius 3 is 2.68 bits per heavy atom. The van der Waals surface area contributed by atoms with Gasteiger partial charge in [-0.1, -0.05) is 0 Å². The second-order valence-corrected chi connectivity index (χ2v) is 6.08. The lowest BCUT2D eigenvalue weighted by Crippen LogP contribution is -2.50. The quantitative estimate of drug-likeness (QED) is 0.813. The number of rotatable bonds is 5. The number of carbonyl (C=O) groups excluding carboxylic acids is 1. The van der Waals surface area contributed by atoms with Crippen LogP contribution in [0.5, 0.6) is 5.88 Å². The fourth-order valence-electron chi connectivity index (χ4n) is 2.90. The molecule has 0 N–H and O–H groups in total. The van der Waals surface area contributed by atoms with E-state index < -0.39 is 0 Å². The maximum absolute atomic E-state index is 12.6. The normalized spacial score (nSPS) is 16.0. The van der Waals surface area contributed by atoms with Crippen LogP contribution in [-0.2, 0) is 4.79 Å². The lowest BCUT2D eigenvalue weighted by atomic mass is 10.2. The summed E-state index contributed by atoms with van der Waals surface area (Å²) < 4.78 is 7.33. The molecule has 1 saturated heterocycles. The number of hydrogen-bond donors (Lipinski definition) is 0. The van der Waals surface area contributed by atoms with Crippen molar-refractivity contribution < 1.29 is 9.53 Å². The summed E-state index contributed by atoms with van der Waals surface area (Å²) in [6.07, 6.45) is 5.18. The molecule has 0 unspecified atom stereocenters. The largest absolute Gasteiger partial charge is 0.478 e. The number of amides is 1. The summed E-state index contributed by atoms with van der Waals surface area (Å²) in [4.78, 5) is 29.6. The highest BCUT2D eigenvalue weighted by molar-refractivity contribution is 5.80. The third-order valence-corrected chi connectivity index (χ3v) is 4.31. The zero-order valence-electron chi connectivity index (χ0n) is 14.9. The number of piperazine rings is 1. The van der Waals surface area contributed by atoms with E-state index >= 15 is 0 Å². The molecule has 0 radical (unpaired) electrons. The molecule has 8 heteroatoms. The first-order valence-electron chi connectivity index (χ1n) is 8.58. The van der Waals surface area contributed by atoms with Crippen LogP contribution in [0.2, 0.25) is 0 Å². The van der Waals surface area contributed by atoms with Crippen LogP contribution >= 0.6 is 0 Å². The molecule has 25 heavy (non-hydrogen) atoms. The van der Waals surface area contributed by atoms with Crippen LogP contribution < -0.4 is 9.64 Å². The predicted molar refractivity (Wildman–Crippen MR) is 93.7 cm³/mol. The zero-order chi connectivity index (χ0) is 17.8. The minimum atomic E-state index is -0.242. The van der Waals surface area contributed by atoms with Crippen LogP contribution in [0.4, 0.5) is 5.95 Å². The van der Waals surface area contributed by atoms with Crippen molar-refractivity contribution in [3.05, 3.63) is 30.5 Å². The Morgan fingerprint density at radius 2 is 2.04 bits per heavy atom. The average molecular weight is 344 g/mol. The molecule has 8 nitrogen and oxygen atoms in total. The van der Waals surface area contributed by atoms with Crippen molar-refractivity contribution in [3.63, 3.8) is 0 Å². The maximum atomic E-state index is 12.6. The molecule has 0 bridgehead atoms. The molecule has 134 valence electrons. The molecule has 0 aromatic carbocycles. The number of anilines is 1. The van der Waals surface area contributed by atoms with Gasteiger partial charge in [0.2, 0.25) is 17.7 Å². The fraction of sp³-hybridized carbons (Fsp3) is 0.529. The predicted octanol–water partition coefficient (Wildman–Crippen LogP) is 1.29. The summed E-state index contributed by atoms with van der Waals surface area (Å²) in [6.45, 7) is 9.05. The van der Waals surface area contributed by atoms with Crippen LogP contribution in [0.1, 0.15) is 25.6 Å². The minimum absolute atomic E-state index is 0.109. The molecule has 2 aromatic rings. The van der Waals surface area contributed by atoms with Gasteiger partial charge >= 0.3 is 0 Å². The molecular formula is C17H24N6O2. The summed E-state index contributed by atoms with van der Waals surface area (Å²) in [7, 11) is 0. The summed E-state index contributed by atoms with van der Waals surface area (Å²) in [5.74, 6) is 1.37. The number of aryl methyl sites for hydroxylation is 1. The molecule has 3 heterocycles. The van der Waals surface area contributed by atoms with Crippen molar-refractivity contribution in [2.75, 3.05) is 37.7 Å². The smallest absolute Gasteiger partial charge is 0.245 e. The lowest BCUT2D eigenvalue weighted by molar-refractivity contribution is -0.134. The SMILES string of the molecule is CCOc1cc(C)nc(N2CCN(C(=O)[C@H](C)n3ccnc3)CC2)n1. The minimum Gasteiger partial charge on any atom is -0.478 e. The highest BCUT2D eigenvalue weighted by Crippen LogP contribution is 2.18. The van der Waals surface area contributed by atoms with E-state index in [1.54, 1.807) is 12.5 Å². The molecule has 1 aliphatic rings. The second-order valence-electron chi connectivity index (χ2n) is 6.08. The van der Waals surface area contributed by atoms with Crippen LogP contribution in [-0.4, -0.2) is 63.1 Å². The van der Waals surface area contributed by atoms with E-state index in [0.29, 0.717) is 44.6 Å². The van der Waals surface area contributed by atoms with Crippen LogP contribution in [0, 0.1) is 6.92 Å². The van der Waals surface area contributed by atoms with Gasteiger partial charge in [0, 0.05) is 50.3 Å². The highest BCUT2D eigenvalue weighted by Gasteiger charge is 2.26. The van der Waals surface area contributed by atoms with Crippen LogP contribution in [0.25, 0.3) is 0 Å². The molecule has 1 atom stereocenters. The second kappa shape index (κ2) is 7.50. The van der Waals surface area contributed by atoms with Crippen molar-refractivity contribution in [1.82, 2.24) is 24.4 Å². The van der Waals surface area contributed by atoms with Gasteiger partial charge in [0.05, 0.1) is 12.9 Å². The van der Waals surface area contributed by atoms with E-state index in [9.17, 15) is 4.79 Å². The first kappa shape index (κ1) is 17.2. The maximum Gasteiger partial charge on any atom is 0.245 e. The molecule has 3 rings (SSSR count). The van der Waals surface area contributed by atoms with Crippen LogP contribution in [0.3, 0.4) is 0 Å². The zero-order valence-corrected chi connectivity index (χ0v) is 14.9. The van der Waals surface area contributed by atoms with Crippen molar-refractivity contribution in [1.29, 1.82) is 0 Å². The van der Waals surface area contributed by atoms with Crippen molar-refractivity contribution >= 4 is 11.9 Å². The van der Waals surface area contributed by atoms with Crippen molar-refractivity contribution in [3.8, 4) is 5.88 Å². The topological polar surface area (TPSA) is 76.4 Å². The van der Waals surface area contributed by atoms with E-state index in [0.717, 1.165) is 5.69 Å². The first-order valence-corrected chi connectivity index (χ1v) is 8.58. The molecule has 1 amide bonds. The van der Waals surface area contributed by atoms with E-state index in [2.05, 4.69) is 19.9 Å². The van der Waals surface area contributed by atoms with E-state index in [-0.39, 0.29) is 11.9 Å². The summed E-state index contributed by atoms with van der Waals surface area (Å²) in [5, 5.41) is 0. The average Bonchev–Trinajstić information content (AvgIpc) is 3.15. The summed E-state index contributed by atoms with van der Waals surface area (Å²) in [6, 6.07) is 1.59. The number of imidazole rings is 1. The Labute approximate surface area is 147 Å². The standard InChI is InChI=1S/C17H24N6O2/c1-4-25-15-11-13(2)19-17(20-15)22-9-7-21(8-10-22)16(24)14(3)23-6-5-18-12-23/h5-6,11-12,14H,4,7-10H2,1-3H3/t14-/m0/s1. The summed E-state index contributed by atoms with van der Waals surface area (Å²) >= 11 is 0. The van der Waals surface area contributed by atoms with Gasteiger partial charge in [0.25, 0.3) is 0 Å². The Morgan fingerprint density at radius 1 is 1.28 bits per heavy atom. The van der Waals surface area contributed by atoms with E-state index in [1.165, 1.54) is 0 Å². The number of carbonyl (C=O) groups is 1. The molecule has 0 aliphatic carbocycles. The molecule has 2 aromatic heterocycles. The number of ether oxygens (including phenoxy) is 1. The highest BCUT2D eigenvalue weighted by atomic mass is 16.5. The molecule has 1 fully saturated rings. The molecule has 1 aliphatic heterocycles. The third-order valence-electron chi connectivity index (χ3n) is 4.31. The summed E-state index contributed by atoms with van der Waals surface area (Å²) in [5.41, 5.74) is 0.876. The van der Waals surface area contributed by atoms with Crippen molar-refractivity contribution in [2.24, 2.45) is 0 Å². The van der Waals surface area contributed by atoms with Crippen molar-refractivity contribution in [2.45, 2.75) is 26.8 Å². The van der Waals surface area contributed by atoms with E-state index in [1.807, 2.05) is 42.5 Å². The number of nitrogens with zero attached hydrogens (tertiary/aromatic N) is 6. The van der Waals surface area contributed by atoms with Gasteiger partial charge in [-0.2, -0.15) is 4.98 Å². The van der Waals surface area contributed by atoms with Gasteiger partial charge < -0.3 is 19.1 Å². The monoisotopic (exact) mass is 344 g/mol. The van der Waals surface area contributed by atoms with Gasteiger partial charge in [-0.25, -0.2) is 9.97 Å². The van der Waals surface area contributed by atoms with Gasteiger partial charge in [-0.3, -0.25) is 4.79 Å². The van der Waals surface area contributed by atoms with E-state index in [4.69, 9.17) is 4.74 Å². The Kier molecular flexibility index (Phi) is 5.16. The molecule has 0 saturated carbocycles. The Hall–Kier alpha value is -2.64. The first-order chi connectivity index (χ1) is 12.1. The number of hydrogen-bond acceptors (Lipinski definition) is 6. The molecule has 0 spiro atoms. The Bertz CT molecular complexity index is 710. The Balaban J connectivity index is 1.63. The van der Waals surface area contributed by atoms with Crippen LogP contribution in [0.15, 0.2) is 24.8 Å². The van der Waals surface area contributed by atoms with Gasteiger partial charge in [-0.05, 0) is 20.8 Å². The molecular weight excluding hydrogens is 320 g/mol. The fourth-order valence-corrected chi connectivity index (χ4v) is 2.90. The number of aromatic nitrogens is 4. The lowest BCUT2D eigenvalue weighted by Gasteiger charge is -2.36. The van der Waals surface area contributed by atoms with Gasteiger partial charge in [0.1, 0.15) is 6.04 Å².